The van der Waals surface area contributed by atoms with Crippen molar-refractivity contribution in [1.29, 1.82) is 0 Å². The molecule has 0 saturated heterocycles. The maximum absolute atomic E-state index is 12.6. The fourth-order valence-corrected chi connectivity index (χ4v) is 2.88. The quantitative estimate of drug-likeness (QED) is 0.555. The Labute approximate surface area is 158 Å². The second-order valence-electron chi connectivity index (χ2n) is 6.35. The molecule has 0 atom stereocenters. The van der Waals surface area contributed by atoms with Gasteiger partial charge in [-0.3, -0.25) is 4.79 Å². The Bertz CT molecular complexity index is 1050. The van der Waals surface area contributed by atoms with Crippen LogP contribution in [-0.4, -0.2) is 15.7 Å². The summed E-state index contributed by atoms with van der Waals surface area (Å²) in [6.07, 6.45) is 0. The molecule has 0 aliphatic rings. The van der Waals surface area contributed by atoms with Crippen LogP contribution in [0.5, 0.6) is 0 Å². The van der Waals surface area contributed by atoms with Crippen molar-refractivity contribution in [2.45, 2.75) is 6.92 Å². The molecule has 3 aromatic carbocycles. The van der Waals surface area contributed by atoms with E-state index in [0.29, 0.717) is 11.4 Å². The van der Waals surface area contributed by atoms with Crippen LogP contribution in [0.15, 0.2) is 91.0 Å². The summed E-state index contributed by atoms with van der Waals surface area (Å²) in [5, 5.41) is 7.72. The van der Waals surface area contributed by atoms with E-state index in [1.165, 1.54) is 5.56 Å². The number of carbonyl (C=O) groups excluding carboxylic acids is 1. The van der Waals surface area contributed by atoms with E-state index < -0.39 is 0 Å². The molecular formula is C23H19N3O. The van der Waals surface area contributed by atoms with Crippen LogP contribution in [0, 0.1) is 6.92 Å². The van der Waals surface area contributed by atoms with E-state index in [4.69, 9.17) is 5.10 Å². The molecule has 1 aromatic heterocycles. The van der Waals surface area contributed by atoms with E-state index in [9.17, 15) is 4.79 Å². The highest BCUT2D eigenvalue weighted by molar-refractivity contribution is 6.04. The monoisotopic (exact) mass is 353 g/mol. The number of para-hydroxylation sites is 1. The van der Waals surface area contributed by atoms with Gasteiger partial charge >= 0.3 is 0 Å². The van der Waals surface area contributed by atoms with Crippen LogP contribution in [0.4, 0.5) is 5.82 Å². The Hall–Kier alpha value is -3.66. The first-order chi connectivity index (χ1) is 13.2. The Morgan fingerprint density at radius 1 is 0.852 bits per heavy atom. The van der Waals surface area contributed by atoms with Gasteiger partial charge < -0.3 is 5.32 Å². The number of amides is 1. The van der Waals surface area contributed by atoms with E-state index in [0.717, 1.165) is 16.9 Å². The molecule has 4 aromatic rings. The summed E-state index contributed by atoms with van der Waals surface area (Å²) >= 11 is 0. The molecule has 0 aliphatic heterocycles. The molecule has 4 heteroatoms. The number of hydrogen-bond donors (Lipinski definition) is 1. The average molecular weight is 353 g/mol. The van der Waals surface area contributed by atoms with E-state index in [1.807, 2.05) is 66.7 Å². The van der Waals surface area contributed by atoms with Gasteiger partial charge in [0.1, 0.15) is 5.82 Å². The van der Waals surface area contributed by atoms with E-state index >= 15 is 0 Å². The normalized spacial score (nSPS) is 10.6. The second kappa shape index (κ2) is 7.30. The number of nitrogens with one attached hydrogen (secondary N) is 1. The molecule has 0 unspecified atom stereocenters. The lowest BCUT2D eigenvalue weighted by Crippen LogP contribution is -2.14. The highest BCUT2D eigenvalue weighted by Crippen LogP contribution is 2.25. The maximum Gasteiger partial charge on any atom is 0.256 e. The van der Waals surface area contributed by atoms with Crippen LogP contribution in [-0.2, 0) is 0 Å². The van der Waals surface area contributed by atoms with Gasteiger partial charge in [-0.25, -0.2) is 4.68 Å². The van der Waals surface area contributed by atoms with Crippen molar-refractivity contribution in [2.24, 2.45) is 0 Å². The highest BCUT2D eigenvalue weighted by Gasteiger charge is 2.14. The van der Waals surface area contributed by atoms with Gasteiger partial charge in [0, 0.05) is 17.2 Å². The molecule has 0 spiro atoms. The first-order valence-electron chi connectivity index (χ1n) is 8.80. The van der Waals surface area contributed by atoms with Gasteiger partial charge in [-0.15, -0.1) is 0 Å². The van der Waals surface area contributed by atoms with Crippen LogP contribution < -0.4 is 5.32 Å². The summed E-state index contributed by atoms with van der Waals surface area (Å²) in [6, 6.07) is 29.0. The predicted octanol–water partition coefficient (Wildman–Crippen LogP) is 5.10. The molecule has 1 amide bonds. The van der Waals surface area contributed by atoms with Gasteiger partial charge in [0.25, 0.3) is 5.91 Å². The Balaban J connectivity index is 1.74. The van der Waals surface area contributed by atoms with Gasteiger partial charge in [-0.05, 0) is 31.2 Å². The van der Waals surface area contributed by atoms with Crippen LogP contribution in [0.25, 0.3) is 16.9 Å². The fraction of sp³-hybridized carbons (Fsp3) is 0.0435. The zero-order valence-corrected chi connectivity index (χ0v) is 15.0. The van der Waals surface area contributed by atoms with Gasteiger partial charge in [-0.2, -0.15) is 5.10 Å². The minimum Gasteiger partial charge on any atom is -0.306 e. The van der Waals surface area contributed by atoms with Crippen molar-refractivity contribution in [3.05, 3.63) is 102 Å². The number of carbonyl (C=O) groups is 1. The largest absolute Gasteiger partial charge is 0.306 e. The fourth-order valence-electron chi connectivity index (χ4n) is 2.88. The molecule has 1 N–H and O–H groups in total. The zero-order valence-electron chi connectivity index (χ0n) is 15.0. The molecular weight excluding hydrogens is 334 g/mol. The van der Waals surface area contributed by atoms with Crippen LogP contribution in [0.3, 0.4) is 0 Å². The molecule has 1 heterocycles. The van der Waals surface area contributed by atoms with Crippen molar-refractivity contribution in [3.8, 4) is 16.9 Å². The summed E-state index contributed by atoms with van der Waals surface area (Å²) in [5.41, 5.74) is 4.50. The third-order valence-electron chi connectivity index (χ3n) is 4.34. The maximum atomic E-state index is 12.6. The van der Waals surface area contributed by atoms with Crippen molar-refractivity contribution in [1.82, 2.24) is 9.78 Å². The molecule has 0 bridgehead atoms. The molecule has 4 rings (SSSR count). The standard InChI is InChI=1S/C23H19N3O/c1-17-12-14-18(15-13-17)21-16-22(24-23(27)19-8-4-2-5-9-19)26(25-21)20-10-6-3-7-11-20/h2-16H,1H3,(H,24,27). The minimum absolute atomic E-state index is 0.164. The Morgan fingerprint density at radius 2 is 1.48 bits per heavy atom. The summed E-state index contributed by atoms with van der Waals surface area (Å²) in [6.45, 7) is 2.05. The number of rotatable bonds is 4. The van der Waals surface area contributed by atoms with Crippen molar-refractivity contribution < 1.29 is 4.79 Å². The van der Waals surface area contributed by atoms with Crippen molar-refractivity contribution in [2.75, 3.05) is 5.32 Å². The first-order valence-corrected chi connectivity index (χ1v) is 8.80. The Kier molecular flexibility index (Phi) is 4.54. The second-order valence-corrected chi connectivity index (χ2v) is 6.35. The molecule has 0 radical (unpaired) electrons. The summed E-state index contributed by atoms with van der Waals surface area (Å²) in [4.78, 5) is 12.6. The van der Waals surface area contributed by atoms with Crippen LogP contribution in [0.1, 0.15) is 15.9 Å². The number of nitrogens with zero attached hydrogens (tertiary/aromatic N) is 2. The number of benzene rings is 3. The van der Waals surface area contributed by atoms with Gasteiger partial charge in [0.05, 0.1) is 11.4 Å². The lowest BCUT2D eigenvalue weighted by molar-refractivity contribution is 0.102. The zero-order chi connectivity index (χ0) is 18.6. The molecule has 4 nitrogen and oxygen atoms in total. The molecule has 27 heavy (non-hydrogen) atoms. The molecule has 0 aliphatic carbocycles. The summed E-state index contributed by atoms with van der Waals surface area (Å²) < 4.78 is 1.76. The summed E-state index contributed by atoms with van der Waals surface area (Å²) in [5.74, 6) is 0.466. The molecule has 0 fully saturated rings. The lowest BCUT2D eigenvalue weighted by atomic mass is 10.1. The van der Waals surface area contributed by atoms with Crippen LogP contribution >= 0.6 is 0 Å². The summed E-state index contributed by atoms with van der Waals surface area (Å²) in [7, 11) is 0. The predicted molar refractivity (Wildman–Crippen MR) is 108 cm³/mol. The smallest absolute Gasteiger partial charge is 0.256 e. The SMILES string of the molecule is Cc1ccc(-c2cc(NC(=O)c3ccccc3)n(-c3ccccc3)n2)cc1. The van der Waals surface area contributed by atoms with Gasteiger partial charge in [-0.1, -0.05) is 66.2 Å². The number of anilines is 1. The van der Waals surface area contributed by atoms with E-state index in [2.05, 4.69) is 24.4 Å². The first kappa shape index (κ1) is 16.8. The number of aryl methyl sites for hydroxylation is 1. The average Bonchev–Trinajstić information content (AvgIpc) is 3.13. The third kappa shape index (κ3) is 3.65. The Morgan fingerprint density at radius 3 is 2.15 bits per heavy atom. The van der Waals surface area contributed by atoms with Crippen molar-refractivity contribution in [3.63, 3.8) is 0 Å². The van der Waals surface area contributed by atoms with Crippen molar-refractivity contribution >= 4 is 11.7 Å². The third-order valence-corrected chi connectivity index (χ3v) is 4.34. The van der Waals surface area contributed by atoms with E-state index in [-0.39, 0.29) is 5.91 Å². The van der Waals surface area contributed by atoms with E-state index in [1.54, 1.807) is 16.8 Å². The number of aromatic nitrogens is 2. The molecule has 0 saturated carbocycles. The van der Waals surface area contributed by atoms with Gasteiger partial charge in [0.15, 0.2) is 0 Å². The topological polar surface area (TPSA) is 46.9 Å². The highest BCUT2D eigenvalue weighted by atomic mass is 16.1. The van der Waals surface area contributed by atoms with Gasteiger partial charge in [0.2, 0.25) is 0 Å². The molecule has 132 valence electrons. The number of hydrogen-bond acceptors (Lipinski definition) is 2. The van der Waals surface area contributed by atoms with Crippen LogP contribution in [0.2, 0.25) is 0 Å². The minimum atomic E-state index is -0.164. The lowest BCUT2D eigenvalue weighted by Gasteiger charge is -2.08.